The lowest BCUT2D eigenvalue weighted by Crippen LogP contribution is -2.38. The van der Waals surface area contributed by atoms with E-state index in [0.29, 0.717) is 12.2 Å². The zero-order valence-electron chi connectivity index (χ0n) is 14.3. The average Bonchev–Trinajstić information content (AvgIpc) is 3.07. The molecule has 1 heterocycles. The van der Waals surface area contributed by atoms with Gasteiger partial charge in [0.15, 0.2) is 5.82 Å². The molecule has 0 saturated carbocycles. The standard InChI is InChI=1S/C20H19N3O3/c1-14-12-18(23-26-14)22-20(25)19(24)21-17(16-10-6-3-7-11-16)13-15-8-4-2-5-9-15/h2-12,17H,13H2,1H3,(H,21,24)(H,22,23,25). The first-order chi connectivity index (χ1) is 12.6. The van der Waals surface area contributed by atoms with Gasteiger partial charge in [-0.15, -0.1) is 0 Å². The minimum Gasteiger partial charge on any atom is -0.360 e. The summed E-state index contributed by atoms with van der Waals surface area (Å²) in [4.78, 5) is 24.5. The van der Waals surface area contributed by atoms with Crippen molar-refractivity contribution >= 4 is 17.6 Å². The molecule has 2 N–H and O–H groups in total. The van der Waals surface area contributed by atoms with Gasteiger partial charge >= 0.3 is 11.8 Å². The Kier molecular flexibility index (Phi) is 5.43. The van der Waals surface area contributed by atoms with Crippen LogP contribution in [0.25, 0.3) is 0 Å². The van der Waals surface area contributed by atoms with E-state index in [0.717, 1.165) is 11.1 Å². The van der Waals surface area contributed by atoms with Gasteiger partial charge in [0.2, 0.25) is 0 Å². The fourth-order valence-electron chi connectivity index (χ4n) is 2.61. The van der Waals surface area contributed by atoms with Crippen molar-refractivity contribution in [2.45, 2.75) is 19.4 Å². The highest BCUT2D eigenvalue weighted by Crippen LogP contribution is 2.18. The first kappa shape index (κ1) is 17.4. The van der Waals surface area contributed by atoms with Gasteiger partial charge in [0.25, 0.3) is 0 Å². The van der Waals surface area contributed by atoms with E-state index in [9.17, 15) is 9.59 Å². The Labute approximate surface area is 151 Å². The summed E-state index contributed by atoms with van der Waals surface area (Å²) in [6, 6.07) is 20.6. The first-order valence-electron chi connectivity index (χ1n) is 8.26. The van der Waals surface area contributed by atoms with Crippen LogP contribution in [0.4, 0.5) is 5.82 Å². The minimum absolute atomic E-state index is 0.210. The van der Waals surface area contributed by atoms with E-state index in [-0.39, 0.29) is 11.9 Å². The molecule has 0 aliphatic carbocycles. The van der Waals surface area contributed by atoms with Gasteiger partial charge in [0.1, 0.15) is 5.76 Å². The lowest BCUT2D eigenvalue weighted by molar-refractivity contribution is -0.136. The van der Waals surface area contributed by atoms with Crippen molar-refractivity contribution in [1.29, 1.82) is 0 Å². The molecule has 0 fully saturated rings. The average molecular weight is 349 g/mol. The van der Waals surface area contributed by atoms with Gasteiger partial charge < -0.3 is 9.84 Å². The summed E-state index contributed by atoms with van der Waals surface area (Å²) in [6.07, 6.45) is 0.576. The maximum atomic E-state index is 12.3. The molecular formula is C20H19N3O3. The smallest absolute Gasteiger partial charge is 0.314 e. The van der Waals surface area contributed by atoms with E-state index >= 15 is 0 Å². The number of benzene rings is 2. The largest absolute Gasteiger partial charge is 0.360 e. The van der Waals surface area contributed by atoms with Crippen LogP contribution in [0.2, 0.25) is 0 Å². The number of hydrogen-bond acceptors (Lipinski definition) is 4. The predicted octanol–water partition coefficient (Wildman–Crippen LogP) is 3.02. The SMILES string of the molecule is Cc1cc(NC(=O)C(=O)NC(Cc2ccccc2)c2ccccc2)no1. The Bertz CT molecular complexity index is 876. The van der Waals surface area contributed by atoms with E-state index in [2.05, 4.69) is 15.8 Å². The van der Waals surface area contributed by atoms with Crippen LogP contribution in [-0.4, -0.2) is 17.0 Å². The maximum absolute atomic E-state index is 12.3. The fourth-order valence-corrected chi connectivity index (χ4v) is 2.61. The zero-order valence-corrected chi connectivity index (χ0v) is 14.3. The zero-order chi connectivity index (χ0) is 18.4. The van der Waals surface area contributed by atoms with Crippen LogP contribution in [0.3, 0.4) is 0 Å². The van der Waals surface area contributed by atoms with Gasteiger partial charge in [-0.3, -0.25) is 14.9 Å². The Morgan fingerprint density at radius 2 is 1.65 bits per heavy atom. The van der Waals surface area contributed by atoms with Crippen LogP contribution in [-0.2, 0) is 16.0 Å². The van der Waals surface area contributed by atoms with E-state index in [1.165, 1.54) is 0 Å². The Morgan fingerprint density at radius 1 is 1.00 bits per heavy atom. The van der Waals surface area contributed by atoms with Gasteiger partial charge in [0, 0.05) is 6.07 Å². The molecule has 0 aliphatic heterocycles. The summed E-state index contributed by atoms with van der Waals surface area (Å²) in [6.45, 7) is 1.70. The number of amides is 2. The minimum atomic E-state index is -0.785. The normalized spacial score (nSPS) is 11.6. The highest BCUT2D eigenvalue weighted by Gasteiger charge is 2.21. The Hall–Kier alpha value is -3.41. The second kappa shape index (κ2) is 8.11. The van der Waals surface area contributed by atoms with Crippen molar-refractivity contribution in [1.82, 2.24) is 10.5 Å². The Balaban J connectivity index is 1.72. The monoisotopic (exact) mass is 349 g/mol. The molecule has 6 nitrogen and oxygen atoms in total. The number of rotatable bonds is 5. The third-order valence-electron chi connectivity index (χ3n) is 3.87. The highest BCUT2D eigenvalue weighted by molar-refractivity contribution is 6.39. The third kappa shape index (κ3) is 4.57. The van der Waals surface area contributed by atoms with E-state index < -0.39 is 11.8 Å². The van der Waals surface area contributed by atoms with Crippen LogP contribution < -0.4 is 10.6 Å². The second-order valence-corrected chi connectivity index (χ2v) is 5.90. The molecule has 0 bridgehead atoms. The number of carbonyl (C=O) groups is 2. The predicted molar refractivity (Wildman–Crippen MR) is 97.3 cm³/mol. The lowest BCUT2D eigenvalue weighted by atomic mass is 9.99. The maximum Gasteiger partial charge on any atom is 0.314 e. The van der Waals surface area contributed by atoms with Crippen molar-refractivity contribution in [3.8, 4) is 0 Å². The van der Waals surface area contributed by atoms with Crippen molar-refractivity contribution in [3.63, 3.8) is 0 Å². The topological polar surface area (TPSA) is 84.2 Å². The van der Waals surface area contributed by atoms with E-state index in [4.69, 9.17) is 4.52 Å². The molecule has 3 rings (SSSR count). The lowest BCUT2D eigenvalue weighted by Gasteiger charge is -2.19. The number of anilines is 1. The van der Waals surface area contributed by atoms with Gasteiger partial charge in [-0.2, -0.15) is 0 Å². The van der Waals surface area contributed by atoms with Crippen LogP contribution in [0.15, 0.2) is 71.3 Å². The van der Waals surface area contributed by atoms with Crippen molar-refractivity contribution in [2.24, 2.45) is 0 Å². The molecule has 0 saturated heterocycles. The summed E-state index contributed by atoms with van der Waals surface area (Å²) in [5, 5.41) is 8.88. The van der Waals surface area contributed by atoms with Gasteiger partial charge in [-0.25, -0.2) is 0 Å². The first-order valence-corrected chi connectivity index (χ1v) is 8.26. The van der Waals surface area contributed by atoms with Crippen molar-refractivity contribution < 1.29 is 14.1 Å². The molecule has 2 amide bonds. The summed E-state index contributed by atoms with van der Waals surface area (Å²) in [7, 11) is 0. The summed E-state index contributed by atoms with van der Waals surface area (Å²) in [5.41, 5.74) is 1.99. The summed E-state index contributed by atoms with van der Waals surface area (Å²) < 4.78 is 4.88. The molecular weight excluding hydrogens is 330 g/mol. The highest BCUT2D eigenvalue weighted by atomic mass is 16.5. The number of carbonyl (C=O) groups excluding carboxylic acids is 2. The van der Waals surface area contributed by atoms with E-state index in [1.807, 2.05) is 60.7 Å². The quantitative estimate of drug-likeness (QED) is 0.694. The molecule has 0 aliphatic rings. The summed E-state index contributed by atoms with van der Waals surface area (Å²) >= 11 is 0. The molecule has 6 heteroatoms. The molecule has 1 unspecified atom stereocenters. The fraction of sp³-hybridized carbons (Fsp3) is 0.150. The number of hydrogen-bond donors (Lipinski definition) is 2. The van der Waals surface area contributed by atoms with E-state index in [1.54, 1.807) is 13.0 Å². The van der Waals surface area contributed by atoms with Gasteiger partial charge in [-0.1, -0.05) is 65.8 Å². The molecule has 26 heavy (non-hydrogen) atoms. The van der Waals surface area contributed by atoms with Crippen molar-refractivity contribution in [2.75, 3.05) is 5.32 Å². The second-order valence-electron chi connectivity index (χ2n) is 5.90. The number of nitrogens with zero attached hydrogens (tertiary/aromatic N) is 1. The van der Waals surface area contributed by atoms with Crippen LogP contribution in [0.1, 0.15) is 22.9 Å². The molecule has 132 valence electrons. The van der Waals surface area contributed by atoms with Gasteiger partial charge in [0.05, 0.1) is 6.04 Å². The number of aryl methyl sites for hydroxylation is 1. The van der Waals surface area contributed by atoms with Crippen molar-refractivity contribution in [3.05, 3.63) is 83.6 Å². The molecule has 0 radical (unpaired) electrons. The molecule has 2 aromatic carbocycles. The number of nitrogens with one attached hydrogen (secondary N) is 2. The van der Waals surface area contributed by atoms with Crippen LogP contribution in [0, 0.1) is 6.92 Å². The third-order valence-corrected chi connectivity index (χ3v) is 3.87. The van der Waals surface area contributed by atoms with Crippen LogP contribution >= 0.6 is 0 Å². The number of aromatic nitrogens is 1. The molecule has 0 spiro atoms. The summed E-state index contributed by atoms with van der Waals surface area (Å²) in [5.74, 6) is -0.753. The van der Waals surface area contributed by atoms with Crippen LogP contribution in [0.5, 0.6) is 0 Å². The molecule has 1 atom stereocenters. The van der Waals surface area contributed by atoms with Gasteiger partial charge in [-0.05, 0) is 24.5 Å². The Morgan fingerprint density at radius 3 is 2.27 bits per heavy atom. The molecule has 1 aromatic heterocycles. The molecule has 3 aromatic rings.